The summed E-state index contributed by atoms with van der Waals surface area (Å²) in [6, 6.07) is 3.78. The largest absolute Gasteiger partial charge is 0.476 e. The van der Waals surface area contributed by atoms with E-state index in [-0.39, 0.29) is 17.9 Å². The van der Waals surface area contributed by atoms with Gasteiger partial charge in [-0.05, 0) is 12.1 Å². The van der Waals surface area contributed by atoms with Crippen LogP contribution in [0.15, 0.2) is 30.7 Å². The molecule has 0 atom stereocenters. The first kappa shape index (κ1) is 14.4. The van der Waals surface area contributed by atoms with Crippen molar-refractivity contribution in [2.45, 2.75) is 6.54 Å². The van der Waals surface area contributed by atoms with Gasteiger partial charge in [-0.1, -0.05) is 6.07 Å². The van der Waals surface area contributed by atoms with E-state index in [2.05, 4.69) is 10.3 Å². The molecule has 2 rings (SSSR count). The van der Waals surface area contributed by atoms with E-state index in [1.165, 1.54) is 29.2 Å². The van der Waals surface area contributed by atoms with Gasteiger partial charge in [0.05, 0.1) is 11.3 Å². The van der Waals surface area contributed by atoms with E-state index in [1.807, 2.05) is 0 Å². The van der Waals surface area contributed by atoms with Gasteiger partial charge in [0.15, 0.2) is 5.69 Å². The summed E-state index contributed by atoms with van der Waals surface area (Å²) >= 11 is 0. The second kappa shape index (κ2) is 5.99. The predicted octanol–water partition coefficient (Wildman–Crippen LogP) is 1.74. The number of carboxylic acid groups (broad SMARTS) is 1. The molecular weight excluding hydrogens is 283 g/mol. The molecule has 0 aliphatic carbocycles. The Morgan fingerprint density at radius 2 is 2.29 bits per heavy atom. The van der Waals surface area contributed by atoms with Crippen LogP contribution in [0.3, 0.4) is 0 Å². The lowest BCUT2D eigenvalue weighted by Gasteiger charge is -2.07. The van der Waals surface area contributed by atoms with E-state index in [9.17, 15) is 19.3 Å². The van der Waals surface area contributed by atoms with Crippen LogP contribution >= 0.6 is 0 Å². The van der Waals surface area contributed by atoms with Crippen LogP contribution in [0.25, 0.3) is 0 Å². The minimum absolute atomic E-state index is 0.0681. The molecule has 0 aliphatic heterocycles. The quantitative estimate of drug-likeness (QED) is 0.620. The fourth-order valence-corrected chi connectivity index (χ4v) is 1.76. The first-order valence-electron chi connectivity index (χ1n) is 5.91. The zero-order chi connectivity index (χ0) is 15.4. The monoisotopic (exact) mass is 294 g/mol. The van der Waals surface area contributed by atoms with Crippen molar-refractivity contribution in [3.05, 3.63) is 52.3 Å². The Kier molecular flexibility index (Phi) is 4.12. The van der Waals surface area contributed by atoms with Crippen molar-refractivity contribution in [1.82, 2.24) is 9.55 Å². The van der Waals surface area contributed by atoms with E-state index in [1.54, 1.807) is 0 Å². The van der Waals surface area contributed by atoms with Gasteiger partial charge >= 0.3 is 11.7 Å². The number of carbonyl (C=O) groups is 1. The number of carboxylic acids is 1. The molecule has 1 aromatic heterocycles. The summed E-state index contributed by atoms with van der Waals surface area (Å²) in [5, 5.41) is 22.3. The minimum Gasteiger partial charge on any atom is -0.476 e. The number of rotatable bonds is 6. The van der Waals surface area contributed by atoms with Crippen LogP contribution in [-0.2, 0) is 6.54 Å². The zero-order valence-corrected chi connectivity index (χ0v) is 10.7. The van der Waals surface area contributed by atoms with Crippen molar-refractivity contribution in [1.29, 1.82) is 0 Å². The van der Waals surface area contributed by atoms with Crippen LogP contribution in [0.4, 0.5) is 15.8 Å². The van der Waals surface area contributed by atoms with Gasteiger partial charge in [-0.2, -0.15) is 4.39 Å². The Hall–Kier alpha value is -2.97. The summed E-state index contributed by atoms with van der Waals surface area (Å²) in [6.45, 7) is 0.577. The fraction of sp³-hybridized carbons (Fsp3) is 0.167. The number of anilines is 1. The molecule has 8 nitrogen and oxygen atoms in total. The molecule has 0 bridgehead atoms. The van der Waals surface area contributed by atoms with E-state index in [0.29, 0.717) is 6.54 Å². The molecule has 0 amide bonds. The van der Waals surface area contributed by atoms with Crippen molar-refractivity contribution in [2.75, 3.05) is 11.9 Å². The highest BCUT2D eigenvalue weighted by atomic mass is 19.1. The Morgan fingerprint density at radius 3 is 2.90 bits per heavy atom. The van der Waals surface area contributed by atoms with Gasteiger partial charge in [0.25, 0.3) is 0 Å². The maximum absolute atomic E-state index is 13.4. The molecule has 1 heterocycles. The van der Waals surface area contributed by atoms with Crippen LogP contribution in [0.1, 0.15) is 10.5 Å². The van der Waals surface area contributed by atoms with Crippen molar-refractivity contribution in [2.24, 2.45) is 0 Å². The maximum atomic E-state index is 13.4. The lowest BCUT2D eigenvalue weighted by molar-refractivity contribution is -0.386. The number of halogens is 1. The van der Waals surface area contributed by atoms with E-state index < -0.39 is 22.4 Å². The number of hydrogen-bond donors (Lipinski definition) is 2. The standard InChI is InChI=1S/C12H11FN4O4/c13-8-2-1-3-9(11(8)17(20)21)14-4-5-16-6-10(12(18)19)15-7-16/h1-3,6-7,14H,4-5H2,(H,18,19). The minimum atomic E-state index is -1.14. The highest BCUT2D eigenvalue weighted by molar-refractivity contribution is 5.84. The first-order valence-corrected chi connectivity index (χ1v) is 5.91. The van der Waals surface area contributed by atoms with E-state index in [0.717, 1.165) is 6.07 Å². The van der Waals surface area contributed by atoms with Crippen molar-refractivity contribution >= 4 is 17.3 Å². The van der Waals surface area contributed by atoms with Crippen LogP contribution in [0.5, 0.6) is 0 Å². The zero-order valence-electron chi connectivity index (χ0n) is 10.7. The summed E-state index contributed by atoms with van der Waals surface area (Å²) in [4.78, 5) is 24.3. The van der Waals surface area contributed by atoms with Gasteiger partial charge in [-0.3, -0.25) is 10.1 Å². The number of hydrogen-bond acceptors (Lipinski definition) is 5. The molecule has 0 fully saturated rings. The summed E-state index contributed by atoms with van der Waals surface area (Å²) < 4.78 is 14.9. The fourth-order valence-electron chi connectivity index (χ4n) is 1.76. The molecule has 0 unspecified atom stereocenters. The van der Waals surface area contributed by atoms with Crippen molar-refractivity contribution < 1.29 is 19.2 Å². The number of nitrogens with zero attached hydrogens (tertiary/aromatic N) is 3. The van der Waals surface area contributed by atoms with Crippen molar-refractivity contribution in [3.8, 4) is 0 Å². The molecule has 0 saturated carbocycles. The molecule has 1 aromatic carbocycles. The smallest absolute Gasteiger partial charge is 0.356 e. The molecule has 2 N–H and O–H groups in total. The number of nitro groups is 1. The van der Waals surface area contributed by atoms with Gasteiger partial charge in [-0.15, -0.1) is 0 Å². The molecule has 2 aromatic rings. The second-order valence-electron chi connectivity index (χ2n) is 4.12. The Labute approximate surface area is 118 Å². The van der Waals surface area contributed by atoms with Gasteiger partial charge in [0, 0.05) is 19.3 Å². The summed E-state index contributed by atoms with van der Waals surface area (Å²) in [6.07, 6.45) is 2.68. The van der Waals surface area contributed by atoms with Crippen LogP contribution in [-0.4, -0.2) is 32.1 Å². The highest BCUT2D eigenvalue weighted by Gasteiger charge is 2.19. The predicted molar refractivity (Wildman–Crippen MR) is 70.7 cm³/mol. The lowest BCUT2D eigenvalue weighted by atomic mass is 10.2. The van der Waals surface area contributed by atoms with Gasteiger partial charge in [-0.25, -0.2) is 9.78 Å². The normalized spacial score (nSPS) is 10.3. The molecule has 0 spiro atoms. The Morgan fingerprint density at radius 1 is 1.52 bits per heavy atom. The number of para-hydroxylation sites is 1. The van der Waals surface area contributed by atoms with Gasteiger partial charge < -0.3 is 15.0 Å². The summed E-state index contributed by atoms with van der Waals surface area (Å²) in [5.74, 6) is -2.05. The average Bonchev–Trinajstić information content (AvgIpc) is 2.87. The number of imidazole rings is 1. The second-order valence-corrected chi connectivity index (χ2v) is 4.12. The number of aromatic nitrogens is 2. The number of benzene rings is 1. The van der Waals surface area contributed by atoms with Crippen molar-refractivity contribution in [3.63, 3.8) is 0 Å². The van der Waals surface area contributed by atoms with Gasteiger partial charge in [0.1, 0.15) is 5.69 Å². The van der Waals surface area contributed by atoms with Crippen LogP contribution < -0.4 is 5.32 Å². The molecule has 21 heavy (non-hydrogen) atoms. The maximum Gasteiger partial charge on any atom is 0.356 e. The SMILES string of the molecule is O=C(O)c1cn(CCNc2cccc(F)c2[N+](=O)[O-])cn1. The van der Waals surface area contributed by atoms with Crippen LogP contribution in [0, 0.1) is 15.9 Å². The number of nitro benzene ring substituents is 1. The Balaban J connectivity index is 2.02. The first-order chi connectivity index (χ1) is 9.99. The molecule has 9 heteroatoms. The topological polar surface area (TPSA) is 110 Å². The number of aromatic carboxylic acids is 1. The molecule has 0 aliphatic rings. The molecule has 0 radical (unpaired) electrons. The molecular formula is C12H11FN4O4. The molecule has 0 saturated heterocycles. The third kappa shape index (κ3) is 3.32. The third-order valence-electron chi connectivity index (χ3n) is 2.71. The number of nitrogens with one attached hydrogen (secondary N) is 1. The lowest BCUT2D eigenvalue weighted by Crippen LogP contribution is -2.11. The Bertz CT molecular complexity index is 686. The summed E-state index contributed by atoms with van der Waals surface area (Å²) in [7, 11) is 0. The average molecular weight is 294 g/mol. The van der Waals surface area contributed by atoms with Crippen LogP contribution in [0.2, 0.25) is 0 Å². The molecule has 110 valence electrons. The summed E-state index contributed by atoms with van der Waals surface area (Å²) in [5.41, 5.74) is -0.639. The van der Waals surface area contributed by atoms with E-state index >= 15 is 0 Å². The highest BCUT2D eigenvalue weighted by Crippen LogP contribution is 2.26. The van der Waals surface area contributed by atoms with E-state index in [4.69, 9.17) is 5.11 Å². The van der Waals surface area contributed by atoms with Gasteiger partial charge in [0.2, 0.25) is 5.82 Å². The third-order valence-corrected chi connectivity index (χ3v) is 2.71.